The second kappa shape index (κ2) is 11.4. The van der Waals surface area contributed by atoms with Gasteiger partial charge < -0.3 is 4.74 Å². The number of amides is 1. The van der Waals surface area contributed by atoms with E-state index in [1.807, 2.05) is 13.8 Å². The average Bonchev–Trinajstić information content (AvgIpc) is 3.19. The molecule has 3 aromatic rings. The van der Waals surface area contributed by atoms with Crippen LogP contribution in [0.5, 0.6) is 0 Å². The van der Waals surface area contributed by atoms with E-state index < -0.39 is 5.97 Å². The Hall–Kier alpha value is -3.07. The summed E-state index contributed by atoms with van der Waals surface area (Å²) in [6.45, 7) is 10.7. The van der Waals surface area contributed by atoms with Gasteiger partial charge in [-0.15, -0.1) is 0 Å². The quantitative estimate of drug-likeness (QED) is 0.302. The van der Waals surface area contributed by atoms with Crippen LogP contribution in [0.15, 0.2) is 29.1 Å². The number of ether oxygens (including phenoxy) is 1. The Kier molecular flexibility index (Phi) is 8.55. The van der Waals surface area contributed by atoms with E-state index in [1.165, 1.54) is 4.68 Å². The molecular formula is C25H32N4O4S. The maximum atomic E-state index is 13.9. The van der Waals surface area contributed by atoms with Crippen molar-refractivity contribution < 1.29 is 14.3 Å². The van der Waals surface area contributed by atoms with Gasteiger partial charge in [-0.25, -0.2) is 14.5 Å². The van der Waals surface area contributed by atoms with E-state index in [2.05, 4.69) is 17.0 Å². The van der Waals surface area contributed by atoms with E-state index in [9.17, 15) is 14.4 Å². The molecule has 1 aromatic carbocycles. The number of aromatic nitrogens is 3. The second-order valence-corrected chi connectivity index (χ2v) is 9.55. The van der Waals surface area contributed by atoms with Crippen LogP contribution in [-0.2, 0) is 11.3 Å². The van der Waals surface area contributed by atoms with E-state index in [0.29, 0.717) is 39.6 Å². The zero-order valence-corrected chi connectivity index (χ0v) is 21.3. The van der Waals surface area contributed by atoms with Crippen LogP contribution in [0, 0.1) is 12.8 Å². The molecule has 2 aromatic heterocycles. The van der Waals surface area contributed by atoms with Crippen LogP contribution >= 0.6 is 11.3 Å². The number of rotatable bonds is 10. The topological polar surface area (TPSA) is 94.4 Å². The molecule has 182 valence electrons. The van der Waals surface area contributed by atoms with Crippen molar-refractivity contribution in [1.29, 1.82) is 0 Å². The number of hydrogen-bond acceptors (Lipinski definition) is 7. The van der Waals surface area contributed by atoms with Gasteiger partial charge in [0.15, 0.2) is 10.8 Å². The fraction of sp³-hybridized carbons (Fsp3) is 0.480. The molecule has 34 heavy (non-hydrogen) atoms. The number of aryl methyl sites for hydroxylation is 1. The van der Waals surface area contributed by atoms with Crippen molar-refractivity contribution in [2.45, 2.75) is 60.4 Å². The molecule has 0 N–H and O–H groups in total. The van der Waals surface area contributed by atoms with Gasteiger partial charge in [0.05, 0.1) is 17.7 Å². The van der Waals surface area contributed by atoms with Gasteiger partial charge in [-0.1, -0.05) is 63.1 Å². The van der Waals surface area contributed by atoms with Crippen molar-refractivity contribution in [3.05, 3.63) is 50.9 Å². The van der Waals surface area contributed by atoms with Crippen LogP contribution in [0.25, 0.3) is 10.8 Å². The first-order chi connectivity index (χ1) is 16.3. The third-order valence-electron chi connectivity index (χ3n) is 5.32. The molecule has 0 saturated carbocycles. The van der Waals surface area contributed by atoms with Crippen LogP contribution in [-0.4, -0.2) is 39.8 Å². The molecule has 0 aliphatic heterocycles. The average molecular weight is 485 g/mol. The highest BCUT2D eigenvalue weighted by Crippen LogP contribution is 2.29. The summed E-state index contributed by atoms with van der Waals surface area (Å²) in [5.74, 6) is -0.601. The number of carbonyl (C=O) groups is 2. The van der Waals surface area contributed by atoms with Gasteiger partial charge in [0.1, 0.15) is 4.88 Å². The first kappa shape index (κ1) is 25.6. The van der Waals surface area contributed by atoms with Gasteiger partial charge in [-0.2, -0.15) is 5.10 Å². The van der Waals surface area contributed by atoms with E-state index in [1.54, 1.807) is 43.0 Å². The first-order valence-electron chi connectivity index (χ1n) is 11.7. The lowest BCUT2D eigenvalue weighted by Crippen LogP contribution is -2.35. The van der Waals surface area contributed by atoms with Crippen molar-refractivity contribution in [3.8, 4) is 0 Å². The zero-order chi connectivity index (χ0) is 24.8. The predicted octanol–water partition coefficient (Wildman–Crippen LogP) is 4.83. The number of benzene rings is 1. The molecule has 0 aliphatic rings. The summed E-state index contributed by atoms with van der Waals surface area (Å²) < 4.78 is 6.52. The SMILES string of the molecule is CCCCCN(C(=O)c1nn(CC(C)C)c(=O)c2ccccc12)c1nc(C)c(C(=O)OCC)s1. The second-order valence-electron chi connectivity index (χ2n) is 8.57. The molecule has 9 heteroatoms. The summed E-state index contributed by atoms with van der Waals surface area (Å²) >= 11 is 1.14. The van der Waals surface area contributed by atoms with Crippen molar-refractivity contribution >= 4 is 39.1 Å². The fourth-order valence-corrected chi connectivity index (χ4v) is 4.66. The minimum Gasteiger partial charge on any atom is -0.462 e. The Balaban J connectivity index is 2.12. The summed E-state index contributed by atoms with van der Waals surface area (Å²) in [5, 5.41) is 5.90. The molecule has 1 amide bonds. The van der Waals surface area contributed by atoms with Crippen LogP contribution in [0.1, 0.15) is 72.8 Å². The number of thiazole rings is 1. The summed E-state index contributed by atoms with van der Waals surface area (Å²) in [4.78, 5) is 45.8. The number of esters is 1. The lowest BCUT2D eigenvalue weighted by Gasteiger charge is -2.21. The van der Waals surface area contributed by atoms with Gasteiger partial charge in [-0.3, -0.25) is 14.5 Å². The smallest absolute Gasteiger partial charge is 0.350 e. The molecule has 8 nitrogen and oxygen atoms in total. The Labute approximate surface area is 203 Å². The van der Waals surface area contributed by atoms with Crippen LogP contribution in [0.2, 0.25) is 0 Å². The summed E-state index contributed by atoms with van der Waals surface area (Å²) in [6, 6.07) is 7.05. The summed E-state index contributed by atoms with van der Waals surface area (Å²) in [5.41, 5.74) is 0.514. The Morgan fingerprint density at radius 1 is 1.15 bits per heavy atom. The van der Waals surface area contributed by atoms with Crippen molar-refractivity contribution in [2.75, 3.05) is 18.1 Å². The number of fused-ring (bicyclic) bond motifs is 1. The number of nitrogens with zero attached hydrogens (tertiary/aromatic N) is 4. The molecule has 0 saturated heterocycles. The highest BCUT2D eigenvalue weighted by Gasteiger charge is 2.27. The van der Waals surface area contributed by atoms with Gasteiger partial charge in [-0.05, 0) is 32.3 Å². The predicted molar refractivity (Wildman–Crippen MR) is 135 cm³/mol. The van der Waals surface area contributed by atoms with Gasteiger partial charge in [0.25, 0.3) is 11.5 Å². The Bertz CT molecular complexity index is 1230. The van der Waals surface area contributed by atoms with Gasteiger partial charge in [0, 0.05) is 18.5 Å². The van der Waals surface area contributed by atoms with Crippen molar-refractivity contribution in [3.63, 3.8) is 0 Å². The standard InChI is InChI=1S/C25H32N4O4S/c1-6-8-11-14-28(25-26-17(5)21(34-25)24(32)33-7-2)23(31)20-18-12-9-10-13-19(18)22(30)29(27-20)15-16(3)4/h9-10,12-13,16H,6-8,11,14-15H2,1-5H3. The normalized spacial score (nSPS) is 11.2. The van der Waals surface area contributed by atoms with Crippen LogP contribution in [0.3, 0.4) is 0 Å². The molecule has 0 atom stereocenters. The largest absolute Gasteiger partial charge is 0.462 e. The Morgan fingerprint density at radius 2 is 1.85 bits per heavy atom. The van der Waals surface area contributed by atoms with Crippen molar-refractivity contribution in [1.82, 2.24) is 14.8 Å². The monoisotopic (exact) mass is 484 g/mol. The molecule has 0 unspecified atom stereocenters. The van der Waals surface area contributed by atoms with Gasteiger partial charge in [0.2, 0.25) is 0 Å². The van der Waals surface area contributed by atoms with Gasteiger partial charge >= 0.3 is 5.97 Å². The van der Waals surface area contributed by atoms with E-state index in [-0.39, 0.29) is 29.7 Å². The maximum Gasteiger partial charge on any atom is 0.350 e. The Morgan fingerprint density at radius 3 is 2.50 bits per heavy atom. The summed E-state index contributed by atoms with van der Waals surface area (Å²) in [7, 11) is 0. The van der Waals surface area contributed by atoms with Crippen molar-refractivity contribution in [2.24, 2.45) is 5.92 Å². The maximum absolute atomic E-state index is 13.9. The molecule has 3 rings (SSSR count). The molecule has 0 aliphatic carbocycles. The van der Waals surface area contributed by atoms with Crippen LogP contribution < -0.4 is 10.5 Å². The molecule has 2 heterocycles. The lowest BCUT2D eigenvalue weighted by atomic mass is 10.1. The van der Waals surface area contributed by atoms with Crippen LogP contribution in [0.4, 0.5) is 5.13 Å². The highest BCUT2D eigenvalue weighted by atomic mass is 32.1. The number of hydrogen-bond donors (Lipinski definition) is 0. The van der Waals surface area contributed by atoms with E-state index in [0.717, 1.165) is 30.6 Å². The third kappa shape index (κ3) is 5.52. The minimum atomic E-state index is -0.446. The third-order valence-corrected chi connectivity index (χ3v) is 6.48. The molecule has 0 fully saturated rings. The molecule has 0 bridgehead atoms. The zero-order valence-electron chi connectivity index (χ0n) is 20.5. The molecular weight excluding hydrogens is 452 g/mol. The molecule has 0 spiro atoms. The highest BCUT2D eigenvalue weighted by molar-refractivity contribution is 7.17. The number of unbranched alkanes of at least 4 members (excludes halogenated alkanes) is 2. The summed E-state index contributed by atoms with van der Waals surface area (Å²) in [6.07, 6.45) is 2.71. The lowest BCUT2D eigenvalue weighted by molar-refractivity contribution is 0.0531. The van der Waals surface area contributed by atoms with E-state index in [4.69, 9.17) is 4.74 Å². The minimum absolute atomic E-state index is 0.184. The van der Waals surface area contributed by atoms with E-state index >= 15 is 0 Å². The molecule has 0 radical (unpaired) electrons. The first-order valence-corrected chi connectivity index (χ1v) is 12.6. The number of anilines is 1. The number of carbonyl (C=O) groups excluding carboxylic acids is 2. The fourth-order valence-electron chi connectivity index (χ4n) is 3.68.